The van der Waals surface area contributed by atoms with Crippen LogP contribution < -0.4 is 0 Å². The van der Waals surface area contributed by atoms with Crippen LogP contribution in [0.5, 0.6) is 0 Å². The topological polar surface area (TPSA) is 0 Å². The lowest BCUT2D eigenvalue weighted by molar-refractivity contribution is 1.62. The second-order valence-electron chi connectivity index (χ2n) is 5.73. The van der Waals surface area contributed by atoms with Crippen molar-refractivity contribution in [1.29, 1.82) is 0 Å². The van der Waals surface area contributed by atoms with Gasteiger partial charge in [0.2, 0.25) is 0 Å². The summed E-state index contributed by atoms with van der Waals surface area (Å²) in [5.41, 5.74) is 2.55. The van der Waals surface area contributed by atoms with E-state index in [4.69, 9.17) is 0 Å². The van der Waals surface area contributed by atoms with Crippen LogP contribution in [-0.4, -0.2) is 8.07 Å². The molecule has 0 spiro atoms. The predicted octanol–water partition coefficient (Wildman–Crippen LogP) is 5.31. The Labute approximate surface area is 106 Å². The molecule has 0 nitrogen and oxygen atoms in total. The molecule has 17 heavy (non-hydrogen) atoms. The SMILES string of the molecule is C[Si](C)(C)C.c1ccc(-c2ccccc2)cc1. The molecule has 0 aliphatic heterocycles. The molecule has 0 aliphatic rings. The molecular weight excluding hydrogens is 220 g/mol. The molecule has 0 bridgehead atoms. The van der Waals surface area contributed by atoms with Crippen molar-refractivity contribution in [2.24, 2.45) is 0 Å². The zero-order chi connectivity index (χ0) is 12.7. The maximum atomic E-state index is 2.33. The molecular formula is C16H22Si. The predicted molar refractivity (Wildman–Crippen MR) is 81.1 cm³/mol. The summed E-state index contributed by atoms with van der Waals surface area (Å²) in [5.74, 6) is 0. The summed E-state index contributed by atoms with van der Waals surface area (Å²) in [4.78, 5) is 0. The fraction of sp³-hybridized carbons (Fsp3) is 0.250. The van der Waals surface area contributed by atoms with Crippen molar-refractivity contribution in [2.75, 3.05) is 0 Å². The minimum absolute atomic E-state index is 0.611. The van der Waals surface area contributed by atoms with E-state index in [0.717, 1.165) is 0 Å². The molecule has 0 aliphatic carbocycles. The maximum absolute atomic E-state index is 2.33. The van der Waals surface area contributed by atoms with E-state index in [1.54, 1.807) is 0 Å². The molecule has 0 aromatic heterocycles. The average molecular weight is 242 g/mol. The minimum Gasteiger partial charge on any atom is -0.0697 e. The molecule has 0 unspecified atom stereocenters. The van der Waals surface area contributed by atoms with Crippen molar-refractivity contribution in [2.45, 2.75) is 26.2 Å². The summed E-state index contributed by atoms with van der Waals surface area (Å²) in [6.07, 6.45) is 0. The second kappa shape index (κ2) is 6.41. The highest BCUT2D eigenvalue weighted by Crippen LogP contribution is 2.17. The summed E-state index contributed by atoms with van der Waals surface area (Å²) in [7, 11) is -0.611. The van der Waals surface area contributed by atoms with Crippen LogP contribution in [0.1, 0.15) is 0 Å². The third kappa shape index (κ3) is 6.75. The molecule has 0 atom stereocenters. The van der Waals surface area contributed by atoms with Crippen LogP contribution in [0.15, 0.2) is 60.7 Å². The Balaban J connectivity index is 0.000000249. The lowest BCUT2D eigenvalue weighted by Gasteiger charge is -2.01. The lowest BCUT2D eigenvalue weighted by atomic mass is 10.1. The maximum Gasteiger partial charge on any atom is 0.0411 e. The standard InChI is InChI=1S/C12H10.C4H12Si/c1-3-7-11(8-4-1)12-9-5-2-6-10-12;1-5(2,3)4/h1-10H;1-4H3. The molecule has 2 aromatic rings. The molecule has 0 saturated heterocycles. The molecule has 0 fully saturated rings. The monoisotopic (exact) mass is 242 g/mol. The van der Waals surface area contributed by atoms with Gasteiger partial charge in [-0.25, -0.2) is 0 Å². The van der Waals surface area contributed by atoms with Gasteiger partial charge >= 0.3 is 0 Å². The van der Waals surface area contributed by atoms with Crippen molar-refractivity contribution in [1.82, 2.24) is 0 Å². The molecule has 2 rings (SSSR count). The van der Waals surface area contributed by atoms with Gasteiger partial charge in [-0.05, 0) is 11.1 Å². The van der Waals surface area contributed by atoms with Crippen LogP contribution in [0, 0.1) is 0 Å². The van der Waals surface area contributed by atoms with Gasteiger partial charge in [-0.1, -0.05) is 86.9 Å². The van der Waals surface area contributed by atoms with Crippen molar-refractivity contribution < 1.29 is 0 Å². The van der Waals surface area contributed by atoms with Gasteiger partial charge in [0.25, 0.3) is 0 Å². The fourth-order valence-electron chi connectivity index (χ4n) is 1.26. The van der Waals surface area contributed by atoms with Gasteiger partial charge in [-0.15, -0.1) is 0 Å². The Kier molecular flexibility index (Phi) is 5.17. The zero-order valence-electron chi connectivity index (χ0n) is 11.3. The van der Waals surface area contributed by atoms with Crippen LogP contribution >= 0.6 is 0 Å². The Hall–Kier alpha value is -1.34. The van der Waals surface area contributed by atoms with Gasteiger partial charge < -0.3 is 0 Å². The Morgan fingerprint density at radius 1 is 0.529 bits per heavy atom. The summed E-state index contributed by atoms with van der Waals surface area (Å²) >= 11 is 0. The van der Waals surface area contributed by atoms with Crippen molar-refractivity contribution in [3.8, 4) is 11.1 Å². The minimum atomic E-state index is -0.611. The van der Waals surface area contributed by atoms with Crippen LogP contribution in [0.25, 0.3) is 11.1 Å². The number of hydrogen-bond donors (Lipinski definition) is 0. The highest BCUT2D eigenvalue weighted by atomic mass is 28.3. The molecule has 0 heterocycles. The quantitative estimate of drug-likeness (QED) is 0.595. The molecule has 0 saturated carbocycles. The summed E-state index contributed by atoms with van der Waals surface area (Å²) in [6.45, 7) is 9.31. The molecule has 0 amide bonds. The normalized spacial score (nSPS) is 10.4. The Bertz CT molecular complexity index is 369. The molecule has 90 valence electrons. The van der Waals surface area contributed by atoms with Crippen molar-refractivity contribution in [3.63, 3.8) is 0 Å². The molecule has 1 heteroatoms. The molecule has 0 radical (unpaired) electrons. The first-order valence-electron chi connectivity index (χ1n) is 6.07. The first kappa shape index (κ1) is 13.7. The van der Waals surface area contributed by atoms with E-state index in [2.05, 4.69) is 74.7 Å². The van der Waals surface area contributed by atoms with Gasteiger partial charge in [0.1, 0.15) is 0 Å². The van der Waals surface area contributed by atoms with E-state index in [1.807, 2.05) is 12.1 Å². The molecule has 0 N–H and O–H groups in total. The largest absolute Gasteiger partial charge is 0.0697 e. The van der Waals surface area contributed by atoms with Gasteiger partial charge in [-0.2, -0.15) is 0 Å². The second-order valence-corrected chi connectivity index (χ2v) is 11.7. The van der Waals surface area contributed by atoms with Crippen molar-refractivity contribution >= 4 is 8.07 Å². The van der Waals surface area contributed by atoms with Gasteiger partial charge in [0, 0.05) is 8.07 Å². The van der Waals surface area contributed by atoms with Crippen LogP contribution in [0.4, 0.5) is 0 Å². The third-order valence-electron chi connectivity index (χ3n) is 1.88. The van der Waals surface area contributed by atoms with Gasteiger partial charge in [-0.3, -0.25) is 0 Å². The highest BCUT2D eigenvalue weighted by molar-refractivity contribution is 6.74. The van der Waals surface area contributed by atoms with E-state index in [0.29, 0.717) is 0 Å². The Morgan fingerprint density at radius 3 is 1.00 bits per heavy atom. The number of rotatable bonds is 1. The van der Waals surface area contributed by atoms with Crippen molar-refractivity contribution in [3.05, 3.63) is 60.7 Å². The summed E-state index contributed by atoms with van der Waals surface area (Å²) < 4.78 is 0. The summed E-state index contributed by atoms with van der Waals surface area (Å²) in [6, 6.07) is 20.8. The highest BCUT2D eigenvalue weighted by Gasteiger charge is 1.99. The van der Waals surface area contributed by atoms with Gasteiger partial charge in [0.05, 0.1) is 0 Å². The van der Waals surface area contributed by atoms with E-state index in [1.165, 1.54) is 11.1 Å². The summed E-state index contributed by atoms with van der Waals surface area (Å²) in [5, 5.41) is 0. The number of benzene rings is 2. The first-order chi connectivity index (χ1) is 7.97. The first-order valence-corrected chi connectivity index (χ1v) is 10.1. The van der Waals surface area contributed by atoms with Gasteiger partial charge in [0.15, 0.2) is 0 Å². The van der Waals surface area contributed by atoms with Crippen LogP contribution in [0.2, 0.25) is 26.2 Å². The van der Waals surface area contributed by atoms with E-state index < -0.39 is 8.07 Å². The lowest BCUT2D eigenvalue weighted by Crippen LogP contribution is -2.10. The smallest absolute Gasteiger partial charge is 0.0411 e. The van der Waals surface area contributed by atoms with Crippen LogP contribution in [0.3, 0.4) is 0 Å². The van der Waals surface area contributed by atoms with E-state index in [9.17, 15) is 0 Å². The molecule has 2 aromatic carbocycles. The van der Waals surface area contributed by atoms with Crippen LogP contribution in [-0.2, 0) is 0 Å². The Morgan fingerprint density at radius 2 is 0.765 bits per heavy atom. The van der Waals surface area contributed by atoms with E-state index >= 15 is 0 Å². The fourth-order valence-corrected chi connectivity index (χ4v) is 1.26. The zero-order valence-corrected chi connectivity index (χ0v) is 12.3. The third-order valence-corrected chi connectivity index (χ3v) is 1.88. The van der Waals surface area contributed by atoms with E-state index in [-0.39, 0.29) is 0 Å². The average Bonchev–Trinajstić information content (AvgIpc) is 2.29. The number of hydrogen-bond acceptors (Lipinski definition) is 0.